The third-order valence-electron chi connectivity index (χ3n) is 2.31. The van der Waals surface area contributed by atoms with Gasteiger partial charge in [-0.15, -0.1) is 0 Å². The maximum absolute atomic E-state index is 3.48. The van der Waals surface area contributed by atoms with Crippen molar-refractivity contribution in [2.24, 2.45) is 5.41 Å². The van der Waals surface area contributed by atoms with Crippen molar-refractivity contribution in [3.05, 3.63) is 0 Å². The van der Waals surface area contributed by atoms with Gasteiger partial charge in [-0.25, -0.2) is 0 Å². The molecule has 0 radical (unpaired) electrons. The molecule has 1 saturated heterocycles. The zero-order valence-corrected chi connectivity index (χ0v) is 7.24. The zero-order valence-electron chi connectivity index (χ0n) is 7.24. The summed E-state index contributed by atoms with van der Waals surface area (Å²) in [6.07, 6.45) is 5.60. The van der Waals surface area contributed by atoms with E-state index in [2.05, 4.69) is 19.2 Å². The third-order valence-corrected chi connectivity index (χ3v) is 2.31. The van der Waals surface area contributed by atoms with Gasteiger partial charge in [0.1, 0.15) is 0 Å². The Morgan fingerprint density at radius 2 is 1.82 bits per heavy atom. The average Bonchev–Trinajstić information content (AvgIpc) is 1.81. The standard InChI is InChI=1S/C9H19N.CH4/c1-9(2)6-4-3-5-7-10-8-9;/h10H,3-8H2,1-2H3;1H4. The van der Waals surface area contributed by atoms with Crippen LogP contribution >= 0.6 is 0 Å². The summed E-state index contributed by atoms with van der Waals surface area (Å²) >= 11 is 0. The van der Waals surface area contributed by atoms with Crippen LogP contribution in [0.25, 0.3) is 0 Å². The van der Waals surface area contributed by atoms with E-state index in [0.29, 0.717) is 5.41 Å². The van der Waals surface area contributed by atoms with Crippen molar-refractivity contribution in [2.45, 2.75) is 47.0 Å². The summed E-state index contributed by atoms with van der Waals surface area (Å²) in [5.41, 5.74) is 0.542. The van der Waals surface area contributed by atoms with Gasteiger partial charge < -0.3 is 5.32 Å². The Bertz CT molecular complexity index is 87.0. The first-order chi connectivity index (χ1) is 4.71. The second-order valence-corrected chi connectivity index (χ2v) is 4.15. The van der Waals surface area contributed by atoms with Crippen LogP contribution in [-0.2, 0) is 0 Å². The topological polar surface area (TPSA) is 12.0 Å². The largest absolute Gasteiger partial charge is 0.316 e. The van der Waals surface area contributed by atoms with Crippen LogP contribution in [0.4, 0.5) is 0 Å². The normalized spacial score (nSPS) is 24.5. The first kappa shape index (κ1) is 11.0. The van der Waals surface area contributed by atoms with E-state index in [1.807, 2.05) is 0 Å². The first-order valence-corrected chi connectivity index (χ1v) is 4.41. The second-order valence-electron chi connectivity index (χ2n) is 4.15. The van der Waals surface area contributed by atoms with Crippen molar-refractivity contribution >= 4 is 0 Å². The molecule has 1 N–H and O–H groups in total. The Labute approximate surface area is 71.6 Å². The summed E-state index contributed by atoms with van der Waals surface area (Å²) in [5, 5.41) is 3.48. The highest BCUT2D eigenvalue weighted by Gasteiger charge is 2.17. The van der Waals surface area contributed by atoms with Gasteiger partial charge in [-0.05, 0) is 24.8 Å². The number of hydrogen-bond acceptors (Lipinski definition) is 1. The molecule has 11 heavy (non-hydrogen) atoms. The van der Waals surface area contributed by atoms with Crippen LogP contribution in [0.1, 0.15) is 47.0 Å². The molecule has 1 nitrogen and oxygen atoms in total. The Balaban J connectivity index is 0.000001000. The lowest BCUT2D eigenvalue weighted by Gasteiger charge is -2.27. The molecule has 1 heteroatoms. The lowest BCUT2D eigenvalue weighted by molar-refractivity contribution is 0.284. The summed E-state index contributed by atoms with van der Waals surface area (Å²) in [5.74, 6) is 0. The summed E-state index contributed by atoms with van der Waals surface area (Å²) in [7, 11) is 0. The van der Waals surface area contributed by atoms with E-state index in [4.69, 9.17) is 0 Å². The Morgan fingerprint density at radius 1 is 1.09 bits per heavy atom. The maximum Gasteiger partial charge on any atom is 0.000252 e. The highest BCUT2D eigenvalue weighted by Crippen LogP contribution is 2.23. The molecule has 0 atom stereocenters. The Kier molecular flexibility index (Phi) is 4.74. The van der Waals surface area contributed by atoms with E-state index in [-0.39, 0.29) is 7.43 Å². The van der Waals surface area contributed by atoms with E-state index in [0.717, 1.165) is 0 Å². The number of nitrogens with one attached hydrogen (secondary N) is 1. The SMILES string of the molecule is C.CC1(C)CCCCCNC1. The fraction of sp³-hybridized carbons (Fsp3) is 1.00. The highest BCUT2D eigenvalue weighted by molar-refractivity contribution is 4.73. The first-order valence-electron chi connectivity index (χ1n) is 4.41. The predicted molar refractivity (Wildman–Crippen MR) is 51.8 cm³/mol. The minimum Gasteiger partial charge on any atom is -0.316 e. The Hall–Kier alpha value is -0.0400. The molecule has 68 valence electrons. The molecule has 0 aromatic heterocycles. The van der Waals surface area contributed by atoms with Gasteiger partial charge in [0.15, 0.2) is 0 Å². The van der Waals surface area contributed by atoms with Gasteiger partial charge in [0.05, 0.1) is 0 Å². The van der Waals surface area contributed by atoms with Crippen molar-refractivity contribution in [1.29, 1.82) is 0 Å². The van der Waals surface area contributed by atoms with Crippen LogP contribution in [0.3, 0.4) is 0 Å². The van der Waals surface area contributed by atoms with Gasteiger partial charge in [-0.3, -0.25) is 0 Å². The number of rotatable bonds is 0. The van der Waals surface area contributed by atoms with Gasteiger partial charge in [0.25, 0.3) is 0 Å². The zero-order chi connectivity index (χ0) is 7.45. The van der Waals surface area contributed by atoms with Crippen LogP contribution in [0.2, 0.25) is 0 Å². The van der Waals surface area contributed by atoms with Crippen LogP contribution < -0.4 is 5.32 Å². The molecule has 0 aliphatic carbocycles. The van der Waals surface area contributed by atoms with Gasteiger partial charge >= 0.3 is 0 Å². The molecule has 1 aliphatic heterocycles. The summed E-state index contributed by atoms with van der Waals surface area (Å²) in [6, 6.07) is 0. The summed E-state index contributed by atoms with van der Waals surface area (Å²) in [6.45, 7) is 7.13. The van der Waals surface area contributed by atoms with Gasteiger partial charge in [0, 0.05) is 6.54 Å². The molecule has 0 aromatic rings. The smallest absolute Gasteiger partial charge is 0.000252 e. The molecule has 0 saturated carbocycles. The van der Waals surface area contributed by atoms with E-state index < -0.39 is 0 Å². The summed E-state index contributed by atoms with van der Waals surface area (Å²) in [4.78, 5) is 0. The van der Waals surface area contributed by atoms with E-state index in [1.165, 1.54) is 38.8 Å². The van der Waals surface area contributed by atoms with Crippen LogP contribution in [0.15, 0.2) is 0 Å². The predicted octanol–water partition coefficient (Wildman–Crippen LogP) is 2.81. The molecule has 0 amide bonds. The molecule has 0 unspecified atom stereocenters. The van der Waals surface area contributed by atoms with Crippen molar-refractivity contribution in [2.75, 3.05) is 13.1 Å². The molecule has 0 aromatic carbocycles. The van der Waals surface area contributed by atoms with Gasteiger partial charge in [-0.2, -0.15) is 0 Å². The molecule has 0 bridgehead atoms. The molecule has 0 spiro atoms. The highest BCUT2D eigenvalue weighted by atomic mass is 14.9. The molecule has 1 rings (SSSR count). The van der Waals surface area contributed by atoms with E-state index in [9.17, 15) is 0 Å². The monoisotopic (exact) mass is 157 g/mol. The van der Waals surface area contributed by atoms with E-state index >= 15 is 0 Å². The lowest BCUT2D eigenvalue weighted by Crippen LogP contribution is -2.31. The molecular formula is C10H23N. The quantitative estimate of drug-likeness (QED) is 0.570. The van der Waals surface area contributed by atoms with Crippen LogP contribution in [0, 0.1) is 5.41 Å². The molecule has 1 aliphatic rings. The van der Waals surface area contributed by atoms with Crippen molar-refractivity contribution in [1.82, 2.24) is 5.32 Å². The fourth-order valence-corrected chi connectivity index (χ4v) is 1.55. The molecule has 1 fully saturated rings. The third kappa shape index (κ3) is 4.41. The lowest BCUT2D eigenvalue weighted by atomic mass is 9.86. The van der Waals surface area contributed by atoms with Gasteiger partial charge in [-0.1, -0.05) is 34.1 Å². The fourth-order valence-electron chi connectivity index (χ4n) is 1.55. The minimum absolute atomic E-state index is 0. The summed E-state index contributed by atoms with van der Waals surface area (Å²) < 4.78 is 0. The second kappa shape index (κ2) is 4.76. The van der Waals surface area contributed by atoms with Crippen LogP contribution in [-0.4, -0.2) is 13.1 Å². The average molecular weight is 157 g/mol. The molecular weight excluding hydrogens is 134 g/mol. The van der Waals surface area contributed by atoms with Crippen LogP contribution in [0.5, 0.6) is 0 Å². The molecule has 1 heterocycles. The van der Waals surface area contributed by atoms with Crippen molar-refractivity contribution < 1.29 is 0 Å². The minimum atomic E-state index is 0. The van der Waals surface area contributed by atoms with Crippen molar-refractivity contribution in [3.63, 3.8) is 0 Å². The van der Waals surface area contributed by atoms with Crippen molar-refractivity contribution in [3.8, 4) is 0 Å². The number of hydrogen-bond donors (Lipinski definition) is 1. The van der Waals surface area contributed by atoms with Gasteiger partial charge in [0.2, 0.25) is 0 Å². The Morgan fingerprint density at radius 3 is 2.55 bits per heavy atom. The maximum atomic E-state index is 3.48. The van der Waals surface area contributed by atoms with E-state index in [1.54, 1.807) is 0 Å².